The molecular weight excluding hydrogens is 292 g/mol. The zero-order chi connectivity index (χ0) is 15.1. The van der Waals surface area contributed by atoms with Crippen molar-refractivity contribution in [2.45, 2.75) is 32.4 Å². The first-order valence-corrected chi connectivity index (χ1v) is 8.78. The highest BCUT2D eigenvalue weighted by molar-refractivity contribution is 7.10. The normalized spacial score (nSPS) is 20.0. The Labute approximate surface area is 135 Å². The Morgan fingerprint density at radius 2 is 2.14 bits per heavy atom. The number of amides is 1. The number of benzene rings is 1. The Bertz CT molecular complexity index is 709. The van der Waals surface area contributed by atoms with Crippen LogP contribution in [0.5, 0.6) is 0 Å². The highest BCUT2D eigenvalue weighted by atomic mass is 32.1. The van der Waals surface area contributed by atoms with Crippen molar-refractivity contribution in [3.63, 3.8) is 0 Å². The average molecular weight is 312 g/mol. The quantitative estimate of drug-likeness (QED) is 0.851. The lowest BCUT2D eigenvalue weighted by atomic mass is 10.1. The van der Waals surface area contributed by atoms with E-state index in [1.54, 1.807) is 0 Å². The van der Waals surface area contributed by atoms with Crippen molar-refractivity contribution in [2.75, 3.05) is 18.0 Å². The van der Waals surface area contributed by atoms with Gasteiger partial charge in [-0.1, -0.05) is 18.2 Å². The lowest BCUT2D eigenvalue weighted by Crippen LogP contribution is -2.44. The lowest BCUT2D eigenvalue weighted by Gasteiger charge is -2.31. The number of rotatable bonds is 2. The summed E-state index contributed by atoms with van der Waals surface area (Å²) in [5, 5.41) is 2.14. The van der Waals surface area contributed by atoms with Gasteiger partial charge >= 0.3 is 0 Å². The van der Waals surface area contributed by atoms with E-state index in [1.807, 2.05) is 16.2 Å². The molecule has 1 aromatic heterocycles. The van der Waals surface area contributed by atoms with Gasteiger partial charge in [0.2, 0.25) is 5.91 Å². The highest BCUT2D eigenvalue weighted by Gasteiger charge is 2.29. The fourth-order valence-electron chi connectivity index (χ4n) is 3.58. The van der Waals surface area contributed by atoms with Gasteiger partial charge in [0.1, 0.15) is 0 Å². The molecule has 0 radical (unpaired) electrons. The number of carbonyl (C=O) groups excluding carboxylic acids is 1. The van der Waals surface area contributed by atoms with E-state index in [1.165, 1.54) is 21.7 Å². The molecule has 2 aliphatic rings. The van der Waals surface area contributed by atoms with Crippen LogP contribution >= 0.6 is 11.3 Å². The Morgan fingerprint density at radius 3 is 3.05 bits per heavy atom. The van der Waals surface area contributed by atoms with Crippen molar-refractivity contribution in [3.05, 3.63) is 51.7 Å². The summed E-state index contributed by atoms with van der Waals surface area (Å²) in [5.41, 5.74) is 3.93. The Hall–Kier alpha value is -1.81. The second-order valence-corrected chi connectivity index (χ2v) is 7.24. The van der Waals surface area contributed by atoms with Gasteiger partial charge in [-0.05, 0) is 48.4 Å². The summed E-state index contributed by atoms with van der Waals surface area (Å²) in [4.78, 5) is 18.5. The minimum atomic E-state index is 0.250. The van der Waals surface area contributed by atoms with Crippen LogP contribution in [-0.4, -0.2) is 29.9 Å². The van der Waals surface area contributed by atoms with Crippen LogP contribution in [0.25, 0.3) is 0 Å². The summed E-state index contributed by atoms with van der Waals surface area (Å²) in [6, 6.07) is 11.0. The van der Waals surface area contributed by atoms with E-state index < -0.39 is 0 Å². The van der Waals surface area contributed by atoms with E-state index in [4.69, 9.17) is 0 Å². The minimum absolute atomic E-state index is 0.250. The zero-order valence-corrected chi connectivity index (χ0v) is 13.6. The zero-order valence-electron chi connectivity index (χ0n) is 12.8. The topological polar surface area (TPSA) is 23.6 Å². The van der Waals surface area contributed by atoms with Crippen molar-refractivity contribution in [2.24, 2.45) is 0 Å². The molecule has 114 valence electrons. The lowest BCUT2D eigenvalue weighted by molar-refractivity contribution is -0.130. The first-order chi connectivity index (χ1) is 10.7. The molecule has 1 atom stereocenters. The average Bonchev–Trinajstić information content (AvgIpc) is 3.11. The molecule has 0 saturated heterocycles. The molecular formula is C18H20N2OS. The molecule has 0 bridgehead atoms. The molecule has 0 saturated carbocycles. The van der Waals surface area contributed by atoms with Crippen LogP contribution in [0.1, 0.15) is 22.9 Å². The van der Waals surface area contributed by atoms with Gasteiger partial charge in [-0.2, -0.15) is 0 Å². The number of nitrogens with zero attached hydrogens (tertiary/aromatic N) is 2. The van der Waals surface area contributed by atoms with Gasteiger partial charge in [-0.15, -0.1) is 11.3 Å². The van der Waals surface area contributed by atoms with Crippen molar-refractivity contribution in [3.8, 4) is 0 Å². The predicted molar refractivity (Wildman–Crippen MR) is 90.4 cm³/mol. The highest BCUT2D eigenvalue weighted by Crippen LogP contribution is 2.32. The van der Waals surface area contributed by atoms with E-state index in [2.05, 4.69) is 47.5 Å². The van der Waals surface area contributed by atoms with Crippen molar-refractivity contribution in [1.29, 1.82) is 0 Å². The van der Waals surface area contributed by atoms with Gasteiger partial charge in [0.15, 0.2) is 0 Å². The van der Waals surface area contributed by atoms with E-state index in [-0.39, 0.29) is 5.91 Å². The summed E-state index contributed by atoms with van der Waals surface area (Å²) in [5.74, 6) is 0.250. The van der Waals surface area contributed by atoms with E-state index in [0.29, 0.717) is 12.6 Å². The number of thiophene rings is 1. The number of hydrogen-bond donors (Lipinski definition) is 0. The van der Waals surface area contributed by atoms with Crippen molar-refractivity contribution in [1.82, 2.24) is 4.90 Å². The van der Waals surface area contributed by atoms with Gasteiger partial charge in [0.05, 0.1) is 6.54 Å². The van der Waals surface area contributed by atoms with Crippen molar-refractivity contribution >= 4 is 22.9 Å². The molecule has 2 aromatic rings. The fraction of sp³-hybridized carbons (Fsp3) is 0.389. The maximum Gasteiger partial charge on any atom is 0.242 e. The summed E-state index contributed by atoms with van der Waals surface area (Å²) in [6.45, 7) is 4.34. The summed E-state index contributed by atoms with van der Waals surface area (Å²) >= 11 is 1.81. The van der Waals surface area contributed by atoms with Gasteiger partial charge < -0.3 is 9.80 Å². The first-order valence-electron chi connectivity index (χ1n) is 7.90. The Morgan fingerprint density at radius 1 is 1.27 bits per heavy atom. The van der Waals surface area contributed by atoms with Gasteiger partial charge in [-0.3, -0.25) is 4.79 Å². The molecule has 1 aromatic carbocycles. The molecule has 3 heterocycles. The molecule has 4 rings (SSSR count). The third kappa shape index (κ3) is 2.31. The molecule has 0 aliphatic carbocycles. The van der Waals surface area contributed by atoms with Crippen molar-refractivity contribution < 1.29 is 4.79 Å². The molecule has 3 nitrogen and oxygen atoms in total. The molecule has 0 N–H and O–H groups in total. The van der Waals surface area contributed by atoms with Gasteiger partial charge in [0, 0.05) is 29.7 Å². The predicted octanol–water partition coefficient (Wildman–Crippen LogP) is 3.08. The van der Waals surface area contributed by atoms with Gasteiger partial charge in [0.25, 0.3) is 0 Å². The van der Waals surface area contributed by atoms with Crippen LogP contribution < -0.4 is 4.90 Å². The van der Waals surface area contributed by atoms with E-state index in [9.17, 15) is 4.79 Å². The molecule has 0 spiro atoms. The largest absolute Gasteiger partial charge is 0.359 e. The Kier molecular flexibility index (Phi) is 3.41. The molecule has 1 unspecified atom stereocenters. The monoisotopic (exact) mass is 312 g/mol. The van der Waals surface area contributed by atoms with Crippen LogP contribution in [0, 0.1) is 0 Å². The number of anilines is 1. The third-order valence-corrected chi connectivity index (χ3v) is 5.84. The summed E-state index contributed by atoms with van der Waals surface area (Å²) in [7, 11) is 0. The summed E-state index contributed by atoms with van der Waals surface area (Å²) in [6.07, 6.45) is 2.04. The molecule has 22 heavy (non-hydrogen) atoms. The first kappa shape index (κ1) is 13.8. The standard InChI is InChI=1S/C18H20N2OS/c1-13-10-14-4-2-3-5-16(14)20(13)12-18(21)19-8-6-17-15(11-19)7-9-22-17/h2-5,7,9,13H,6,8,10-12H2,1H3. The number of fused-ring (bicyclic) bond motifs is 2. The molecule has 4 heteroatoms. The van der Waals surface area contributed by atoms with Gasteiger partial charge in [-0.25, -0.2) is 0 Å². The number of carbonyl (C=O) groups is 1. The molecule has 1 amide bonds. The number of hydrogen-bond acceptors (Lipinski definition) is 3. The maximum atomic E-state index is 12.7. The van der Waals surface area contributed by atoms with E-state index >= 15 is 0 Å². The SMILES string of the molecule is CC1Cc2ccccc2N1CC(=O)N1CCc2sccc2C1. The van der Waals surface area contributed by atoms with Crippen LogP contribution in [0.15, 0.2) is 35.7 Å². The smallest absolute Gasteiger partial charge is 0.242 e. The van der Waals surface area contributed by atoms with Crippen LogP contribution in [-0.2, 0) is 24.2 Å². The fourth-order valence-corrected chi connectivity index (χ4v) is 4.47. The molecule has 0 fully saturated rings. The minimum Gasteiger partial charge on any atom is -0.359 e. The maximum absolute atomic E-state index is 12.7. The number of para-hydroxylation sites is 1. The second-order valence-electron chi connectivity index (χ2n) is 6.24. The molecule has 2 aliphatic heterocycles. The third-order valence-electron chi connectivity index (χ3n) is 4.81. The second kappa shape index (κ2) is 5.43. The Balaban J connectivity index is 1.49. The van der Waals surface area contributed by atoms with E-state index in [0.717, 1.165) is 25.9 Å². The van der Waals surface area contributed by atoms with Crippen LogP contribution in [0.4, 0.5) is 5.69 Å². The summed E-state index contributed by atoms with van der Waals surface area (Å²) < 4.78 is 0. The van der Waals surface area contributed by atoms with Crippen LogP contribution in [0.3, 0.4) is 0 Å². The van der Waals surface area contributed by atoms with Crippen LogP contribution in [0.2, 0.25) is 0 Å².